The molecule has 206 valence electrons. The van der Waals surface area contributed by atoms with Crippen molar-refractivity contribution in [3.05, 3.63) is 182 Å². The second-order valence-electron chi connectivity index (χ2n) is 10.4. The van der Waals surface area contributed by atoms with Crippen LogP contribution in [0.25, 0.3) is 0 Å². The third-order valence-electron chi connectivity index (χ3n) is 7.95. The molecule has 0 unspecified atom stereocenters. The van der Waals surface area contributed by atoms with Crippen LogP contribution in [0.2, 0.25) is 0 Å². The molecule has 6 aromatic carbocycles. The zero-order chi connectivity index (χ0) is 28.5. The number of rotatable bonds is 9. The van der Waals surface area contributed by atoms with Gasteiger partial charge in [-0.05, 0) is 58.4 Å². The highest BCUT2D eigenvalue weighted by molar-refractivity contribution is 7.95. The maximum atomic E-state index is 2.67. The van der Waals surface area contributed by atoms with Crippen molar-refractivity contribution in [1.29, 1.82) is 0 Å². The van der Waals surface area contributed by atoms with E-state index in [1.165, 1.54) is 31.8 Å². The third-order valence-corrected chi connectivity index (χ3v) is 16.2. The molecule has 0 nitrogen and oxygen atoms in total. The van der Waals surface area contributed by atoms with Crippen LogP contribution in [-0.2, 0) is 0 Å². The van der Waals surface area contributed by atoms with Gasteiger partial charge in [-0.1, -0.05) is 194 Å². The number of unbranched alkanes of at least 4 members (excludes halogenated alkanes) is 1. The van der Waals surface area contributed by atoms with Gasteiger partial charge in [-0.25, -0.2) is 0 Å². The number of hydrogen-bond donors (Lipinski definition) is 0. The van der Waals surface area contributed by atoms with Crippen molar-refractivity contribution in [3.8, 4) is 0 Å². The zero-order valence-corrected chi connectivity index (χ0v) is 25.6. The minimum absolute atomic E-state index is 0.987. The van der Waals surface area contributed by atoms with E-state index in [1.807, 2.05) is 0 Å². The Morgan fingerprint density at radius 3 is 0.595 bits per heavy atom. The van der Waals surface area contributed by atoms with Gasteiger partial charge in [0.2, 0.25) is 0 Å². The van der Waals surface area contributed by atoms with Crippen molar-refractivity contribution in [1.82, 2.24) is 0 Å². The topological polar surface area (TPSA) is 0 Å². The summed E-state index contributed by atoms with van der Waals surface area (Å²) in [6, 6.07) is 66.9. The van der Waals surface area contributed by atoms with E-state index in [2.05, 4.69) is 194 Å². The average molecular weight is 579 g/mol. The Balaban J connectivity index is 1.55. The van der Waals surface area contributed by atoms with Crippen molar-refractivity contribution in [3.63, 3.8) is 0 Å². The summed E-state index contributed by atoms with van der Waals surface area (Å²) in [5.74, 6) is 5.33. The van der Waals surface area contributed by atoms with Crippen molar-refractivity contribution < 1.29 is 0 Å². The molecular formula is C40H36P2. The minimum Gasteiger partial charge on any atom is -0.0739 e. The molecule has 0 atom stereocenters. The van der Waals surface area contributed by atoms with E-state index in [0.717, 1.165) is 12.8 Å². The lowest BCUT2D eigenvalue weighted by Crippen LogP contribution is -2.27. The molecule has 0 bridgehead atoms. The van der Waals surface area contributed by atoms with Crippen LogP contribution in [0.5, 0.6) is 0 Å². The van der Waals surface area contributed by atoms with Gasteiger partial charge in [0.05, 0.1) is 0 Å². The Hall–Kier alpha value is -4.08. The Bertz CT molecular complexity index is 1450. The molecular weight excluding hydrogens is 542 g/mol. The van der Waals surface area contributed by atoms with Crippen molar-refractivity contribution in [2.24, 2.45) is 0 Å². The van der Waals surface area contributed by atoms with E-state index in [1.54, 1.807) is 0 Å². The smallest absolute Gasteiger partial charge is 0.0163 e. The molecule has 0 aromatic heterocycles. The van der Waals surface area contributed by atoms with Gasteiger partial charge in [-0.3, -0.25) is 0 Å². The predicted octanol–water partition coefficient (Wildman–Crippen LogP) is 7.36. The SMILES string of the molecule is C(CCC=P(c1ccccc1)(c1ccccc1)c1ccccc1)=P(c1ccccc1)(c1ccccc1)c1ccccc1. The van der Waals surface area contributed by atoms with Crippen LogP contribution < -0.4 is 31.8 Å². The molecule has 0 amide bonds. The number of hydrogen-bond acceptors (Lipinski definition) is 0. The third kappa shape index (κ3) is 5.54. The maximum absolute atomic E-state index is 2.67. The largest absolute Gasteiger partial charge is 0.0739 e. The summed E-state index contributed by atoms with van der Waals surface area (Å²) in [6.07, 6.45) is 1.97. The molecule has 0 saturated carbocycles. The summed E-state index contributed by atoms with van der Waals surface area (Å²) in [4.78, 5) is 0. The molecule has 0 radical (unpaired) electrons. The highest BCUT2D eigenvalue weighted by Crippen LogP contribution is 2.46. The second kappa shape index (κ2) is 13.3. The zero-order valence-electron chi connectivity index (χ0n) is 23.8. The number of benzene rings is 6. The van der Waals surface area contributed by atoms with Crippen LogP contribution in [0.15, 0.2) is 182 Å². The van der Waals surface area contributed by atoms with Crippen LogP contribution in [-0.4, -0.2) is 11.6 Å². The first-order chi connectivity index (χ1) is 20.8. The second-order valence-corrected chi connectivity index (χ2v) is 17.1. The van der Waals surface area contributed by atoms with Crippen LogP contribution in [0.4, 0.5) is 0 Å². The quantitative estimate of drug-likeness (QED) is 0.124. The lowest BCUT2D eigenvalue weighted by molar-refractivity contribution is 1.23. The van der Waals surface area contributed by atoms with Gasteiger partial charge in [0.15, 0.2) is 0 Å². The predicted molar refractivity (Wildman–Crippen MR) is 192 cm³/mol. The van der Waals surface area contributed by atoms with E-state index in [9.17, 15) is 0 Å². The first kappa shape index (κ1) is 28.1. The first-order valence-corrected chi connectivity index (χ1v) is 18.4. The molecule has 6 rings (SSSR count). The monoisotopic (exact) mass is 578 g/mol. The van der Waals surface area contributed by atoms with Gasteiger partial charge in [0, 0.05) is 0 Å². The lowest BCUT2D eigenvalue weighted by atomic mass is 10.3. The average Bonchev–Trinajstić information content (AvgIpc) is 3.09. The molecule has 42 heavy (non-hydrogen) atoms. The molecule has 2 heteroatoms. The van der Waals surface area contributed by atoms with Gasteiger partial charge in [-0.15, -0.1) is 0 Å². The fourth-order valence-electron chi connectivity index (χ4n) is 6.04. The summed E-state index contributed by atoms with van der Waals surface area (Å²) in [5.41, 5.74) is 0. The fourth-order valence-corrected chi connectivity index (χ4v) is 14.0. The molecule has 0 fully saturated rings. The molecule has 0 spiro atoms. The Kier molecular flexibility index (Phi) is 8.86. The van der Waals surface area contributed by atoms with Crippen LogP contribution in [0, 0.1) is 0 Å². The van der Waals surface area contributed by atoms with E-state index < -0.39 is 13.8 Å². The Morgan fingerprint density at radius 1 is 0.262 bits per heavy atom. The summed E-state index contributed by atoms with van der Waals surface area (Å²) < 4.78 is 0. The van der Waals surface area contributed by atoms with Crippen molar-refractivity contribution in [2.45, 2.75) is 12.8 Å². The highest BCUT2D eigenvalue weighted by atomic mass is 31.2. The normalized spacial score (nSPS) is 11.5. The minimum atomic E-state index is -1.98. The molecule has 0 heterocycles. The standard InChI is InChI=1S/C40H36P2/c1-7-21-35(22-8-1)41(36-23-9-2-10-24-36,37-25-11-3-12-26-37)33-19-20-34-42(38-27-13-4-14-28-38,39-29-15-5-16-30-39)40-31-17-6-18-32-40/h1-18,21-34H,19-20H2. The van der Waals surface area contributed by atoms with Gasteiger partial charge >= 0.3 is 0 Å². The summed E-state index contributed by atoms with van der Waals surface area (Å²) in [5, 5.41) is 8.40. The van der Waals surface area contributed by atoms with Gasteiger partial charge < -0.3 is 0 Å². The van der Waals surface area contributed by atoms with E-state index >= 15 is 0 Å². The highest BCUT2D eigenvalue weighted by Gasteiger charge is 2.26. The molecule has 0 N–H and O–H groups in total. The fraction of sp³-hybridized carbons (Fsp3) is 0.0500. The summed E-state index contributed by atoms with van der Waals surface area (Å²) in [6.45, 7) is -3.97. The summed E-state index contributed by atoms with van der Waals surface area (Å²) in [7, 11) is 0. The van der Waals surface area contributed by atoms with Crippen LogP contribution >= 0.6 is 13.8 Å². The molecule has 0 aliphatic carbocycles. The molecule has 0 saturated heterocycles. The maximum Gasteiger partial charge on any atom is -0.0163 e. The van der Waals surface area contributed by atoms with Gasteiger partial charge in [-0.2, -0.15) is 0 Å². The van der Waals surface area contributed by atoms with Crippen LogP contribution in [0.3, 0.4) is 0 Å². The molecule has 0 aliphatic rings. The van der Waals surface area contributed by atoms with Gasteiger partial charge in [0.1, 0.15) is 0 Å². The van der Waals surface area contributed by atoms with Crippen molar-refractivity contribution >= 4 is 57.2 Å². The van der Waals surface area contributed by atoms with Crippen LogP contribution in [0.1, 0.15) is 12.8 Å². The molecule has 0 aliphatic heterocycles. The van der Waals surface area contributed by atoms with E-state index in [0.29, 0.717) is 0 Å². The Morgan fingerprint density at radius 2 is 0.429 bits per heavy atom. The summed E-state index contributed by atoms with van der Waals surface area (Å²) >= 11 is 0. The molecule has 6 aromatic rings. The van der Waals surface area contributed by atoms with Gasteiger partial charge in [0.25, 0.3) is 0 Å². The lowest BCUT2D eigenvalue weighted by Gasteiger charge is -2.30. The van der Waals surface area contributed by atoms with E-state index in [4.69, 9.17) is 0 Å². The van der Waals surface area contributed by atoms with Crippen molar-refractivity contribution in [2.75, 3.05) is 0 Å². The first-order valence-electron chi connectivity index (χ1n) is 14.6. The Labute approximate surface area is 251 Å². The van der Waals surface area contributed by atoms with E-state index in [-0.39, 0.29) is 0 Å².